The molecular formula is C23H23ClN4O. The maximum Gasteiger partial charge on any atom is 0.225 e. The highest BCUT2D eigenvalue weighted by molar-refractivity contribution is 6.30. The van der Waals surface area contributed by atoms with Crippen LogP contribution in [0, 0.1) is 5.92 Å². The summed E-state index contributed by atoms with van der Waals surface area (Å²) in [5.41, 5.74) is 3.12. The van der Waals surface area contributed by atoms with E-state index in [1.54, 1.807) is 0 Å². The highest BCUT2D eigenvalue weighted by Gasteiger charge is 2.27. The van der Waals surface area contributed by atoms with Crippen molar-refractivity contribution in [3.05, 3.63) is 77.6 Å². The highest BCUT2D eigenvalue weighted by Crippen LogP contribution is 2.23. The number of carbonyl (C=O) groups excluding carboxylic acids is 1. The standard InChI is InChI=1S/C23H23ClN4O/c24-21-10-8-17(9-11-21)13-25-22(29)19-7-4-12-28(16-19)23-26-14-20(15-27-23)18-5-2-1-3-6-18/h1-3,5-6,8-11,14-15,19H,4,7,12-13,16H2,(H,25,29)/t19-/m0/s1. The summed E-state index contributed by atoms with van der Waals surface area (Å²) in [5.74, 6) is 0.693. The molecule has 29 heavy (non-hydrogen) atoms. The lowest BCUT2D eigenvalue weighted by Crippen LogP contribution is -2.43. The zero-order chi connectivity index (χ0) is 20.1. The molecule has 1 aliphatic rings. The minimum atomic E-state index is -0.0616. The van der Waals surface area contributed by atoms with Crippen molar-refractivity contribution in [2.45, 2.75) is 19.4 Å². The molecule has 1 aliphatic heterocycles. The van der Waals surface area contributed by atoms with Crippen LogP contribution in [-0.4, -0.2) is 29.0 Å². The van der Waals surface area contributed by atoms with E-state index >= 15 is 0 Å². The minimum absolute atomic E-state index is 0.0616. The van der Waals surface area contributed by atoms with Crippen LogP contribution in [0.25, 0.3) is 11.1 Å². The number of nitrogens with one attached hydrogen (secondary N) is 1. The van der Waals surface area contributed by atoms with Gasteiger partial charge in [0.05, 0.1) is 5.92 Å². The molecule has 6 heteroatoms. The van der Waals surface area contributed by atoms with E-state index in [-0.39, 0.29) is 11.8 Å². The van der Waals surface area contributed by atoms with Crippen LogP contribution >= 0.6 is 11.6 Å². The molecule has 0 bridgehead atoms. The number of aromatic nitrogens is 2. The van der Waals surface area contributed by atoms with E-state index in [4.69, 9.17) is 11.6 Å². The summed E-state index contributed by atoms with van der Waals surface area (Å²) in [6.45, 7) is 2.01. The fourth-order valence-corrected chi connectivity index (χ4v) is 3.70. The second-order valence-electron chi connectivity index (χ2n) is 7.27. The minimum Gasteiger partial charge on any atom is -0.352 e. The quantitative estimate of drug-likeness (QED) is 0.685. The van der Waals surface area contributed by atoms with E-state index in [1.165, 1.54) is 0 Å². The number of halogens is 1. The van der Waals surface area contributed by atoms with Crippen LogP contribution in [0.5, 0.6) is 0 Å². The largest absolute Gasteiger partial charge is 0.352 e. The Morgan fingerprint density at radius 1 is 1.03 bits per heavy atom. The SMILES string of the molecule is O=C(NCc1ccc(Cl)cc1)[C@H]1CCCN(c2ncc(-c3ccccc3)cn2)C1. The third-order valence-electron chi connectivity index (χ3n) is 5.20. The van der Waals surface area contributed by atoms with E-state index in [9.17, 15) is 4.79 Å². The normalized spacial score (nSPS) is 16.4. The average molecular weight is 407 g/mol. The summed E-state index contributed by atoms with van der Waals surface area (Å²) < 4.78 is 0. The molecule has 1 saturated heterocycles. The summed E-state index contributed by atoms with van der Waals surface area (Å²) in [6, 6.07) is 17.6. The number of amides is 1. The number of nitrogens with zero attached hydrogens (tertiary/aromatic N) is 3. The molecule has 1 atom stereocenters. The van der Waals surface area contributed by atoms with Crippen molar-refractivity contribution >= 4 is 23.5 Å². The molecule has 5 nitrogen and oxygen atoms in total. The van der Waals surface area contributed by atoms with Crippen molar-refractivity contribution in [2.24, 2.45) is 5.92 Å². The van der Waals surface area contributed by atoms with Gasteiger partial charge >= 0.3 is 0 Å². The second kappa shape index (κ2) is 9.05. The number of benzene rings is 2. The molecule has 0 spiro atoms. The Morgan fingerprint density at radius 2 is 1.76 bits per heavy atom. The molecule has 3 aromatic rings. The first-order valence-electron chi connectivity index (χ1n) is 9.83. The number of piperidine rings is 1. The molecule has 1 aromatic heterocycles. The summed E-state index contributed by atoms with van der Waals surface area (Å²) >= 11 is 5.91. The van der Waals surface area contributed by atoms with Gasteiger partial charge in [0.15, 0.2) is 0 Å². The molecule has 1 amide bonds. The van der Waals surface area contributed by atoms with Crippen LogP contribution in [-0.2, 0) is 11.3 Å². The van der Waals surface area contributed by atoms with Gasteiger partial charge in [0.25, 0.3) is 0 Å². The Morgan fingerprint density at radius 3 is 2.48 bits per heavy atom. The topological polar surface area (TPSA) is 58.1 Å². The van der Waals surface area contributed by atoms with Gasteiger partial charge in [-0.05, 0) is 36.1 Å². The van der Waals surface area contributed by atoms with Crippen molar-refractivity contribution in [1.29, 1.82) is 0 Å². The van der Waals surface area contributed by atoms with Crippen LogP contribution in [0.3, 0.4) is 0 Å². The first-order chi connectivity index (χ1) is 14.2. The number of carbonyl (C=O) groups is 1. The molecule has 0 unspecified atom stereocenters. The smallest absolute Gasteiger partial charge is 0.225 e. The first kappa shape index (κ1) is 19.4. The predicted octanol–water partition coefficient (Wildman–Crippen LogP) is 4.33. The molecule has 2 heterocycles. The molecule has 1 N–H and O–H groups in total. The number of anilines is 1. The van der Waals surface area contributed by atoms with Crippen molar-refractivity contribution in [3.63, 3.8) is 0 Å². The monoisotopic (exact) mass is 406 g/mol. The zero-order valence-corrected chi connectivity index (χ0v) is 16.8. The second-order valence-corrected chi connectivity index (χ2v) is 7.70. The van der Waals surface area contributed by atoms with Crippen LogP contribution in [0.15, 0.2) is 67.0 Å². The molecule has 0 aliphatic carbocycles. The Balaban J connectivity index is 1.36. The van der Waals surface area contributed by atoms with Gasteiger partial charge in [-0.3, -0.25) is 4.79 Å². The Labute approximate surface area is 175 Å². The fraction of sp³-hybridized carbons (Fsp3) is 0.261. The summed E-state index contributed by atoms with van der Waals surface area (Å²) in [5, 5.41) is 3.74. The van der Waals surface area contributed by atoms with Crippen LogP contribution < -0.4 is 10.2 Å². The average Bonchev–Trinajstić information content (AvgIpc) is 2.79. The maximum absolute atomic E-state index is 12.6. The van der Waals surface area contributed by atoms with Gasteiger partial charge in [0.2, 0.25) is 11.9 Å². The van der Waals surface area contributed by atoms with Gasteiger partial charge in [0, 0.05) is 42.6 Å². The van der Waals surface area contributed by atoms with E-state index < -0.39 is 0 Å². The molecule has 1 fully saturated rings. The lowest BCUT2D eigenvalue weighted by molar-refractivity contribution is -0.125. The Hall–Kier alpha value is -2.92. The Kier molecular flexibility index (Phi) is 6.06. The highest BCUT2D eigenvalue weighted by atomic mass is 35.5. The maximum atomic E-state index is 12.6. The fourth-order valence-electron chi connectivity index (χ4n) is 3.57. The molecule has 4 rings (SSSR count). The number of hydrogen-bond acceptors (Lipinski definition) is 4. The lowest BCUT2D eigenvalue weighted by atomic mass is 9.97. The van der Waals surface area contributed by atoms with Gasteiger partial charge in [-0.1, -0.05) is 54.1 Å². The van der Waals surface area contributed by atoms with E-state index in [2.05, 4.69) is 20.2 Å². The van der Waals surface area contributed by atoms with Crippen LogP contribution in [0.2, 0.25) is 5.02 Å². The van der Waals surface area contributed by atoms with Crippen molar-refractivity contribution in [1.82, 2.24) is 15.3 Å². The zero-order valence-electron chi connectivity index (χ0n) is 16.1. The first-order valence-corrected chi connectivity index (χ1v) is 10.2. The van der Waals surface area contributed by atoms with Gasteiger partial charge in [-0.2, -0.15) is 0 Å². The molecular weight excluding hydrogens is 384 g/mol. The van der Waals surface area contributed by atoms with E-state index in [1.807, 2.05) is 67.0 Å². The third-order valence-corrected chi connectivity index (χ3v) is 5.45. The van der Waals surface area contributed by atoms with Crippen molar-refractivity contribution < 1.29 is 4.79 Å². The molecule has 0 radical (unpaired) electrons. The third kappa shape index (κ3) is 4.93. The van der Waals surface area contributed by atoms with Crippen LogP contribution in [0.1, 0.15) is 18.4 Å². The summed E-state index contributed by atoms with van der Waals surface area (Å²) in [4.78, 5) is 23.8. The molecule has 0 saturated carbocycles. The van der Waals surface area contributed by atoms with Gasteiger partial charge < -0.3 is 10.2 Å². The Bertz CT molecular complexity index is 945. The van der Waals surface area contributed by atoms with Crippen molar-refractivity contribution in [3.8, 4) is 11.1 Å². The summed E-state index contributed by atoms with van der Waals surface area (Å²) in [6.07, 6.45) is 5.53. The number of rotatable bonds is 5. The van der Waals surface area contributed by atoms with E-state index in [0.29, 0.717) is 24.1 Å². The van der Waals surface area contributed by atoms with Gasteiger partial charge in [0.1, 0.15) is 0 Å². The van der Waals surface area contributed by atoms with Gasteiger partial charge in [-0.25, -0.2) is 9.97 Å². The summed E-state index contributed by atoms with van der Waals surface area (Å²) in [7, 11) is 0. The lowest BCUT2D eigenvalue weighted by Gasteiger charge is -2.32. The van der Waals surface area contributed by atoms with Crippen LogP contribution in [0.4, 0.5) is 5.95 Å². The van der Waals surface area contributed by atoms with Gasteiger partial charge in [-0.15, -0.1) is 0 Å². The predicted molar refractivity (Wildman–Crippen MR) is 116 cm³/mol. The number of hydrogen-bond donors (Lipinski definition) is 1. The molecule has 2 aromatic carbocycles. The van der Waals surface area contributed by atoms with E-state index in [0.717, 1.165) is 36.1 Å². The van der Waals surface area contributed by atoms with Crippen molar-refractivity contribution in [2.75, 3.05) is 18.0 Å². The molecule has 148 valence electrons.